The molecule has 0 spiro atoms. The summed E-state index contributed by atoms with van der Waals surface area (Å²) >= 11 is 1.54. The third kappa shape index (κ3) is 2.97. The molecule has 0 saturated heterocycles. The zero-order chi connectivity index (χ0) is 18.1. The molecule has 0 radical (unpaired) electrons. The average molecular weight is 368 g/mol. The van der Waals surface area contributed by atoms with E-state index in [0.717, 1.165) is 21.8 Å². The van der Waals surface area contributed by atoms with Crippen LogP contribution in [0.1, 0.15) is 6.92 Å². The van der Waals surface area contributed by atoms with E-state index in [-0.39, 0.29) is 0 Å². The van der Waals surface area contributed by atoms with Crippen molar-refractivity contribution in [3.8, 4) is 33.3 Å². The first kappa shape index (κ1) is 16.4. The molecule has 0 amide bonds. The summed E-state index contributed by atoms with van der Waals surface area (Å²) in [6, 6.07) is 11.3. The fraction of sp³-hybridized carbons (Fsp3) is 0.158. The SMILES string of the molecule is CCOc1ccc(-c2nc(-c3ccc4[nH]c(=O)oc4c3)cs2)cc1OC. The molecule has 1 N–H and O–H groups in total. The molecule has 4 aromatic rings. The number of thiazole rings is 1. The summed E-state index contributed by atoms with van der Waals surface area (Å²) in [5, 5.41) is 2.85. The number of fused-ring (bicyclic) bond motifs is 1. The number of aromatic nitrogens is 2. The zero-order valence-electron chi connectivity index (χ0n) is 14.2. The number of nitrogens with zero attached hydrogens (tertiary/aromatic N) is 1. The second-order valence-electron chi connectivity index (χ2n) is 5.56. The van der Waals surface area contributed by atoms with Crippen LogP contribution in [0.2, 0.25) is 0 Å². The monoisotopic (exact) mass is 368 g/mol. The van der Waals surface area contributed by atoms with Crippen LogP contribution in [0.15, 0.2) is 51.0 Å². The van der Waals surface area contributed by atoms with Gasteiger partial charge >= 0.3 is 5.76 Å². The van der Waals surface area contributed by atoms with Crippen molar-refractivity contribution in [3.63, 3.8) is 0 Å². The van der Waals surface area contributed by atoms with Crippen molar-refractivity contribution in [2.45, 2.75) is 6.92 Å². The van der Waals surface area contributed by atoms with E-state index in [2.05, 4.69) is 4.98 Å². The van der Waals surface area contributed by atoms with Crippen LogP contribution in [-0.4, -0.2) is 23.7 Å². The van der Waals surface area contributed by atoms with Gasteiger partial charge in [0.2, 0.25) is 0 Å². The number of nitrogens with one attached hydrogen (secondary N) is 1. The van der Waals surface area contributed by atoms with Gasteiger partial charge in [-0.05, 0) is 37.3 Å². The predicted molar refractivity (Wildman–Crippen MR) is 101 cm³/mol. The maximum Gasteiger partial charge on any atom is 0.417 e. The van der Waals surface area contributed by atoms with Crippen molar-refractivity contribution in [1.29, 1.82) is 0 Å². The highest BCUT2D eigenvalue weighted by atomic mass is 32.1. The first-order valence-electron chi connectivity index (χ1n) is 8.08. The van der Waals surface area contributed by atoms with Crippen LogP contribution in [0.25, 0.3) is 32.9 Å². The average Bonchev–Trinajstić information content (AvgIpc) is 3.27. The fourth-order valence-electron chi connectivity index (χ4n) is 2.72. The molecular weight excluding hydrogens is 352 g/mol. The Kier molecular flexibility index (Phi) is 4.22. The molecule has 2 aromatic carbocycles. The molecule has 6 nitrogen and oxygen atoms in total. The Labute approximate surface area is 153 Å². The van der Waals surface area contributed by atoms with E-state index in [1.807, 2.05) is 48.7 Å². The topological polar surface area (TPSA) is 77.4 Å². The Bertz CT molecular complexity index is 1130. The van der Waals surface area contributed by atoms with Gasteiger partial charge < -0.3 is 13.9 Å². The van der Waals surface area contributed by atoms with Crippen molar-refractivity contribution < 1.29 is 13.9 Å². The van der Waals surface area contributed by atoms with Gasteiger partial charge in [-0.25, -0.2) is 9.78 Å². The molecule has 26 heavy (non-hydrogen) atoms. The largest absolute Gasteiger partial charge is 0.493 e. The summed E-state index contributed by atoms with van der Waals surface area (Å²) < 4.78 is 16.1. The number of methoxy groups -OCH3 is 1. The Morgan fingerprint density at radius 2 is 2.00 bits per heavy atom. The molecule has 4 rings (SSSR count). The first-order valence-corrected chi connectivity index (χ1v) is 8.96. The number of hydrogen-bond acceptors (Lipinski definition) is 6. The van der Waals surface area contributed by atoms with E-state index in [9.17, 15) is 4.79 Å². The van der Waals surface area contributed by atoms with Crippen LogP contribution >= 0.6 is 11.3 Å². The van der Waals surface area contributed by atoms with Crippen molar-refractivity contribution >= 4 is 22.4 Å². The van der Waals surface area contributed by atoms with Crippen molar-refractivity contribution in [1.82, 2.24) is 9.97 Å². The molecule has 0 aliphatic carbocycles. The molecule has 7 heteroatoms. The summed E-state index contributed by atoms with van der Waals surface area (Å²) in [5.41, 5.74) is 3.86. The van der Waals surface area contributed by atoms with Crippen LogP contribution in [0.4, 0.5) is 0 Å². The lowest BCUT2D eigenvalue weighted by molar-refractivity contribution is 0.311. The van der Waals surface area contributed by atoms with Crippen LogP contribution < -0.4 is 15.2 Å². The van der Waals surface area contributed by atoms with Gasteiger partial charge in [-0.2, -0.15) is 0 Å². The van der Waals surface area contributed by atoms with Gasteiger partial charge in [0, 0.05) is 16.5 Å². The minimum atomic E-state index is -0.461. The Morgan fingerprint density at radius 1 is 1.15 bits per heavy atom. The van der Waals surface area contributed by atoms with Crippen molar-refractivity contribution in [2.24, 2.45) is 0 Å². The Balaban J connectivity index is 1.69. The Morgan fingerprint density at radius 3 is 2.81 bits per heavy atom. The number of ether oxygens (including phenoxy) is 2. The molecule has 0 fully saturated rings. The van der Waals surface area contributed by atoms with Gasteiger partial charge in [0.25, 0.3) is 0 Å². The molecule has 0 bridgehead atoms. The van der Waals surface area contributed by atoms with Gasteiger partial charge in [0.15, 0.2) is 17.1 Å². The molecule has 132 valence electrons. The molecule has 2 aromatic heterocycles. The molecule has 0 aliphatic heterocycles. The second kappa shape index (κ2) is 6.68. The molecule has 2 heterocycles. The third-order valence-corrected chi connectivity index (χ3v) is 4.82. The lowest BCUT2D eigenvalue weighted by Crippen LogP contribution is -1.95. The summed E-state index contributed by atoms with van der Waals surface area (Å²) in [7, 11) is 1.62. The maximum atomic E-state index is 11.3. The van der Waals surface area contributed by atoms with Gasteiger partial charge in [-0.3, -0.25) is 4.98 Å². The van der Waals surface area contributed by atoms with Gasteiger partial charge in [-0.15, -0.1) is 11.3 Å². The van der Waals surface area contributed by atoms with E-state index in [1.54, 1.807) is 7.11 Å². The number of rotatable bonds is 5. The van der Waals surface area contributed by atoms with Crippen LogP contribution in [-0.2, 0) is 0 Å². The number of aromatic amines is 1. The van der Waals surface area contributed by atoms with Crippen LogP contribution in [0, 0.1) is 0 Å². The number of benzene rings is 2. The predicted octanol–water partition coefficient (Wildman–Crippen LogP) is 4.32. The summed E-state index contributed by atoms with van der Waals surface area (Å²) in [4.78, 5) is 18.6. The number of H-pyrrole nitrogens is 1. The summed E-state index contributed by atoms with van der Waals surface area (Å²) in [6.45, 7) is 2.51. The summed E-state index contributed by atoms with van der Waals surface area (Å²) in [5.74, 6) is 0.928. The molecular formula is C19H16N2O4S. The minimum absolute atomic E-state index is 0.461. The molecule has 0 saturated carbocycles. The van der Waals surface area contributed by atoms with Crippen LogP contribution in [0.5, 0.6) is 11.5 Å². The van der Waals surface area contributed by atoms with E-state index >= 15 is 0 Å². The highest BCUT2D eigenvalue weighted by Gasteiger charge is 2.12. The van der Waals surface area contributed by atoms with Gasteiger partial charge in [0.1, 0.15) is 5.01 Å². The smallest absolute Gasteiger partial charge is 0.417 e. The van der Waals surface area contributed by atoms with Crippen LogP contribution in [0.3, 0.4) is 0 Å². The lowest BCUT2D eigenvalue weighted by Gasteiger charge is -2.09. The van der Waals surface area contributed by atoms with E-state index in [0.29, 0.717) is 29.2 Å². The molecule has 0 aliphatic rings. The van der Waals surface area contributed by atoms with Crippen molar-refractivity contribution in [3.05, 3.63) is 52.3 Å². The lowest BCUT2D eigenvalue weighted by atomic mass is 10.1. The summed E-state index contributed by atoms with van der Waals surface area (Å²) in [6.07, 6.45) is 0. The van der Waals surface area contributed by atoms with Gasteiger partial charge in [-0.1, -0.05) is 6.07 Å². The Hall–Kier alpha value is -3.06. The van der Waals surface area contributed by atoms with E-state index in [4.69, 9.17) is 18.9 Å². The zero-order valence-corrected chi connectivity index (χ0v) is 15.1. The maximum absolute atomic E-state index is 11.3. The second-order valence-corrected chi connectivity index (χ2v) is 6.42. The standard InChI is InChI=1S/C19H16N2O4S/c1-3-24-15-7-5-12(9-17(15)23-2)18-20-14(10-26-18)11-4-6-13-16(8-11)25-19(22)21-13/h4-10H,3H2,1-2H3,(H,21,22). The van der Waals surface area contributed by atoms with Crippen molar-refractivity contribution in [2.75, 3.05) is 13.7 Å². The highest BCUT2D eigenvalue weighted by molar-refractivity contribution is 7.13. The quantitative estimate of drug-likeness (QED) is 0.568. The highest BCUT2D eigenvalue weighted by Crippen LogP contribution is 2.35. The molecule has 0 atom stereocenters. The normalized spacial score (nSPS) is 11.0. The third-order valence-electron chi connectivity index (χ3n) is 3.93. The van der Waals surface area contributed by atoms with E-state index in [1.165, 1.54) is 11.3 Å². The van der Waals surface area contributed by atoms with E-state index < -0.39 is 5.76 Å². The molecule has 0 unspecified atom stereocenters. The minimum Gasteiger partial charge on any atom is -0.493 e. The first-order chi connectivity index (χ1) is 12.7. The fourth-order valence-corrected chi connectivity index (χ4v) is 3.55. The number of hydrogen-bond donors (Lipinski definition) is 1. The van der Waals surface area contributed by atoms with Gasteiger partial charge in [0.05, 0.1) is 24.9 Å². The number of oxazole rings is 1.